The number of benzene rings is 2. The van der Waals surface area contributed by atoms with Gasteiger partial charge < -0.3 is 24.4 Å². The highest BCUT2D eigenvalue weighted by atomic mass is 16.5. The van der Waals surface area contributed by atoms with E-state index in [1.54, 1.807) is 12.1 Å². The van der Waals surface area contributed by atoms with Gasteiger partial charge in [0.25, 0.3) is 0 Å². The van der Waals surface area contributed by atoms with Crippen LogP contribution in [0.2, 0.25) is 0 Å². The minimum absolute atomic E-state index is 0.143. The third-order valence-corrected chi connectivity index (χ3v) is 4.32. The predicted molar refractivity (Wildman–Crippen MR) is 109 cm³/mol. The molecular formula is C21H26N2O5. The van der Waals surface area contributed by atoms with Crippen molar-refractivity contribution >= 4 is 23.2 Å². The molecule has 0 bridgehead atoms. The number of aryl methyl sites for hydroxylation is 1. The smallest absolute Gasteiger partial charge is 0.226 e. The van der Waals surface area contributed by atoms with Gasteiger partial charge in [-0.1, -0.05) is 18.2 Å². The summed E-state index contributed by atoms with van der Waals surface area (Å²) >= 11 is 0. The molecule has 0 aliphatic heterocycles. The first-order valence-corrected chi connectivity index (χ1v) is 8.84. The number of nitrogens with zero attached hydrogens (tertiary/aromatic N) is 1. The first-order chi connectivity index (χ1) is 13.4. The van der Waals surface area contributed by atoms with Crippen molar-refractivity contribution in [3.8, 4) is 17.2 Å². The van der Waals surface area contributed by atoms with Crippen LogP contribution in [-0.4, -0.2) is 39.7 Å². The molecule has 7 heteroatoms. The van der Waals surface area contributed by atoms with E-state index in [9.17, 15) is 9.59 Å². The maximum Gasteiger partial charge on any atom is 0.226 e. The molecule has 0 aliphatic rings. The number of hydrogen-bond acceptors (Lipinski definition) is 5. The summed E-state index contributed by atoms with van der Waals surface area (Å²) in [5.74, 6) is 0.945. The molecule has 2 rings (SSSR count). The summed E-state index contributed by atoms with van der Waals surface area (Å²) in [5, 5.41) is 2.87. The van der Waals surface area contributed by atoms with E-state index < -0.39 is 0 Å². The molecule has 2 amide bonds. The number of ether oxygens (including phenoxy) is 3. The van der Waals surface area contributed by atoms with E-state index in [1.165, 1.54) is 33.2 Å². The zero-order valence-corrected chi connectivity index (χ0v) is 16.9. The van der Waals surface area contributed by atoms with E-state index in [2.05, 4.69) is 5.32 Å². The molecule has 7 nitrogen and oxygen atoms in total. The summed E-state index contributed by atoms with van der Waals surface area (Å²) in [6, 6.07) is 10.9. The van der Waals surface area contributed by atoms with Gasteiger partial charge in [0.1, 0.15) is 0 Å². The largest absolute Gasteiger partial charge is 0.493 e. The van der Waals surface area contributed by atoms with Crippen LogP contribution < -0.4 is 24.4 Å². The van der Waals surface area contributed by atoms with Gasteiger partial charge in [0, 0.05) is 37.7 Å². The molecule has 0 spiro atoms. The fourth-order valence-electron chi connectivity index (χ4n) is 2.83. The molecule has 0 atom stereocenters. The van der Waals surface area contributed by atoms with E-state index in [1.807, 2.05) is 31.2 Å². The second-order valence-corrected chi connectivity index (χ2v) is 6.17. The second-order valence-electron chi connectivity index (χ2n) is 6.17. The number of rotatable bonds is 8. The van der Waals surface area contributed by atoms with Crippen molar-refractivity contribution in [2.45, 2.75) is 20.3 Å². The van der Waals surface area contributed by atoms with Gasteiger partial charge in [0.15, 0.2) is 11.5 Å². The van der Waals surface area contributed by atoms with Crippen LogP contribution in [-0.2, 0) is 9.59 Å². The van der Waals surface area contributed by atoms with Crippen LogP contribution in [0.4, 0.5) is 11.4 Å². The Balaban J connectivity index is 2.18. The van der Waals surface area contributed by atoms with E-state index in [4.69, 9.17) is 14.2 Å². The zero-order chi connectivity index (χ0) is 20.7. The highest BCUT2D eigenvalue weighted by Gasteiger charge is 2.20. The van der Waals surface area contributed by atoms with Crippen LogP contribution in [0.25, 0.3) is 0 Å². The van der Waals surface area contributed by atoms with Crippen LogP contribution in [0.3, 0.4) is 0 Å². The number of carbonyl (C=O) groups is 2. The van der Waals surface area contributed by atoms with Crippen molar-refractivity contribution in [1.82, 2.24) is 0 Å². The number of anilines is 2. The molecule has 0 fully saturated rings. The van der Waals surface area contributed by atoms with Gasteiger partial charge in [-0.05, 0) is 18.6 Å². The van der Waals surface area contributed by atoms with Crippen LogP contribution in [0.15, 0.2) is 36.4 Å². The molecule has 2 aromatic carbocycles. The van der Waals surface area contributed by atoms with E-state index in [0.717, 1.165) is 11.3 Å². The third-order valence-electron chi connectivity index (χ3n) is 4.32. The number of para-hydroxylation sites is 1. The fraction of sp³-hybridized carbons (Fsp3) is 0.333. The Morgan fingerprint density at radius 1 is 1.00 bits per heavy atom. The Labute approximate surface area is 165 Å². The summed E-state index contributed by atoms with van der Waals surface area (Å²) in [5.41, 5.74) is 2.30. The Morgan fingerprint density at radius 3 is 2.11 bits per heavy atom. The molecule has 0 unspecified atom stereocenters. The molecule has 2 aromatic rings. The Hall–Kier alpha value is -3.22. The van der Waals surface area contributed by atoms with Gasteiger partial charge in [0.05, 0.1) is 27.0 Å². The van der Waals surface area contributed by atoms with E-state index >= 15 is 0 Å². The maximum atomic E-state index is 12.4. The van der Waals surface area contributed by atoms with Crippen LogP contribution in [0.5, 0.6) is 17.2 Å². The topological polar surface area (TPSA) is 77.1 Å². The molecular weight excluding hydrogens is 360 g/mol. The Kier molecular flexibility index (Phi) is 7.26. The standard InChI is InChI=1S/C21H26N2O5/c1-14-8-6-7-9-17(14)22-20(25)10-11-23(15(2)24)16-12-18(26-3)21(28-5)19(13-16)27-4/h6-9,12-13H,10-11H2,1-5H3,(H,22,25). The molecule has 0 saturated heterocycles. The van der Waals surface area contributed by atoms with Gasteiger partial charge >= 0.3 is 0 Å². The molecule has 1 N–H and O–H groups in total. The van der Waals surface area contributed by atoms with Gasteiger partial charge in [-0.2, -0.15) is 0 Å². The van der Waals surface area contributed by atoms with Gasteiger partial charge in [-0.15, -0.1) is 0 Å². The van der Waals surface area contributed by atoms with Crippen molar-refractivity contribution in [3.05, 3.63) is 42.0 Å². The maximum absolute atomic E-state index is 12.4. The van der Waals surface area contributed by atoms with Crippen molar-refractivity contribution in [2.24, 2.45) is 0 Å². The Bertz CT molecular complexity index is 825. The van der Waals surface area contributed by atoms with Crippen molar-refractivity contribution in [1.29, 1.82) is 0 Å². The second kappa shape index (κ2) is 9.64. The molecule has 0 saturated carbocycles. The summed E-state index contributed by atoms with van der Waals surface area (Å²) in [6.45, 7) is 3.58. The molecule has 150 valence electrons. The van der Waals surface area contributed by atoms with Crippen molar-refractivity contribution < 1.29 is 23.8 Å². The first kappa shape index (κ1) is 21.1. The minimum Gasteiger partial charge on any atom is -0.493 e. The lowest BCUT2D eigenvalue weighted by atomic mass is 10.2. The van der Waals surface area contributed by atoms with Crippen LogP contribution in [0, 0.1) is 6.92 Å². The van der Waals surface area contributed by atoms with Crippen molar-refractivity contribution in [2.75, 3.05) is 38.1 Å². The molecule has 0 aromatic heterocycles. The highest BCUT2D eigenvalue weighted by Crippen LogP contribution is 2.41. The van der Waals surface area contributed by atoms with Gasteiger partial charge in [0.2, 0.25) is 17.6 Å². The zero-order valence-electron chi connectivity index (χ0n) is 16.9. The van der Waals surface area contributed by atoms with E-state index in [-0.39, 0.29) is 24.8 Å². The lowest BCUT2D eigenvalue weighted by Crippen LogP contribution is -2.32. The number of hydrogen-bond donors (Lipinski definition) is 1. The lowest BCUT2D eigenvalue weighted by molar-refractivity contribution is -0.117. The van der Waals surface area contributed by atoms with E-state index in [0.29, 0.717) is 22.9 Å². The molecule has 0 radical (unpaired) electrons. The first-order valence-electron chi connectivity index (χ1n) is 8.84. The highest BCUT2D eigenvalue weighted by molar-refractivity contribution is 5.95. The number of carbonyl (C=O) groups excluding carboxylic acids is 2. The monoisotopic (exact) mass is 386 g/mol. The number of amides is 2. The van der Waals surface area contributed by atoms with Crippen molar-refractivity contribution in [3.63, 3.8) is 0 Å². The van der Waals surface area contributed by atoms with Gasteiger partial charge in [-0.3, -0.25) is 9.59 Å². The quantitative estimate of drug-likeness (QED) is 0.752. The summed E-state index contributed by atoms with van der Waals surface area (Å²) < 4.78 is 16.0. The number of methoxy groups -OCH3 is 3. The predicted octanol–water partition coefficient (Wildman–Crippen LogP) is 3.40. The number of nitrogens with one attached hydrogen (secondary N) is 1. The normalized spacial score (nSPS) is 10.2. The SMILES string of the molecule is COc1cc(N(CCC(=O)Nc2ccccc2C)C(C)=O)cc(OC)c1OC. The fourth-order valence-corrected chi connectivity index (χ4v) is 2.83. The van der Waals surface area contributed by atoms with Crippen LogP contribution in [0.1, 0.15) is 18.9 Å². The lowest BCUT2D eigenvalue weighted by Gasteiger charge is -2.23. The molecule has 28 heavy (non-hydrogen) atoms. The average molecular weight is 386 g/mol. The summed E-state index contributed by atoms with van der Waals surface area (Å²) in [6.07, 6.45) is 0.143. The summed E-state index contributed by atoms with van der Waals surface area (Å²) in [4.78, 5) is 26.1. The minimum atomic E-state index is -0.196. The molecule has 0 aliphatic carbocycles. The van der Waals surface area contributed by atoms with Gasteiger partial charge in [-0.25, -0.2) is 0 Å². The average Bonchev–Trinajstić information content (AvgIpc) is 2.68. The Morgan fingerprint density at radius 2 is 1.61 bits per heavy atom. The summed E-state index contributed by atoms with van der Waals surface area (Å²) in [7, 11) is 4.53. The van der Waals surface area contributed by atoms with Crippen LogP contribution >= 0.6 is 0 Å². The molecule has 0 heterocycles. The third kappa shape index (κ3) is 4.94.